The van der Waals surface area contributed by atoms with E-state index in [0.29, 0.717) is 35.8 Å². The third kappa shape index (κ3) is 6.93. The van der Waals surface area contributed by atoms with E-state index < -0.39 is 17.9 Å². The van der Waals surface area contributed by atoms with Gasteiger partial charge in [0, 0.05) is 18.8 Å². The first-order valence-electron chi connectivity index (χ1n) is 11.5. The quantitative estimate of drug-likeness (QED) is 0.323. The number of amides is 1. The van der Waals surface area contributed by atoms with Gasteiger partial charge in [-0.25, -0.2) is 4.79 Å². The molecule has 1 aromatic heterocycles. The maximum atomic E-state index is 12.5. The summed E-state index contributed by atoms with van der Waals surface area (Å²) in [5.74, 6) is -0.595. The van der Waals surface area contributed by atoms with Crippen LogP contribution in [0.3, 0.4) is 0 Å². The fraction of sp³-hybridized carbons (Fsp3) is 0.138. The third-order valence-electron chi connectivity index (χ3n) is 5.45. The molecule has 1 atom stereocenters. The van der Waals surface area contributed by atoms with Crippen LogP contribution in [-0.4, -0.2) is 28.0 Å². The van der Waals surface area contributed by atoms with Crippen LogP contribution in [-0.2, 0) is 24.4 Å². The topological polar surface area (TPSA) is 97.8 Å². The molecule has 0 fully saturated rings. The summed E-state index contributed by atoms with van der Waals surface area (Å²) in [5.41, 5.74) is 2.98. The van der Waals surface area contributed by atoms with Gasteiger partial charge >= 0.3 is 5.97 Å². The predicted octanol–water partition coefficient (Wildman–Crippen LogP) is 4.67. The molecule has 0 radical (unpaired) electrons. The number of carboxylic acid groups (broad SMARTS) is 1. The maximum absolute atomic E-state index is 12.5. The smallest absolute Gasteiger partial charge is 0.326 e. The normalized spacial score (nSPS) is 11.3. The lowest BCUT2D eigenvalue weighted by Crippen LogP contribution is -2.42. The number of hydrogen-bond donors (Lipinski definition) is 2. The molecule has 3 aromatic carbocycles. The molecule has 1 amide bonds. The number of carboxylic acids is 1. The van der Waals surface area contributed by atoms with Crippen molar-refractivity contribution in [3.63, 3.8) is 0 Å². The summed E-state index contributed by atoms with van der Waals surface area (Å²) in [6.45, 7) is 0.687. The average Bonchev–Trinajstić information content (AvgIpc) is 2.92. The molecule has 0 saturated heterocycles. The fourth-order valence-electron chi connectivity index (χ4n) is 3.56. The number of aromatic nitrogens is 1. The molecule has 7 heteroatoms. The molecule has 0 unspecified atom stereocenters. The Bertz CT molecular complexity index is 1280. The van der Waals surface area contributed by atoms with Gasteiger partial charge in [-0.2, -0.15) is 0 Å². The molecule has 36 heavy (non-hydrogen) atoms. The Kier molecular flexibility index (Phi) is 8.27. The number of aliphatic carboxylic acids is 1. The summed E-state index contributed by atoms with van der Waals surface area (Å²) in [5, 5.41) is 12.3. The third-order valence-corrected chi connectivity index (χ3v) is 5.45. The second kappa shape index (κ2) is 12.2. The number of ether oxygens (including phenoxy) is 2. The van der Waals surface area contributed by atoms with E-state index in [2.05, 4.69) is 10.3 Å². The Morgan fingerprint density at radius 3 is 2.00 bits per heavy atom. The first-order valence-corrected chi connectivity index (χ1v) is 11.5. The fourth-order valence-corrected chi connectivity index (χ4v) is 3.56. The molecular weight excluding hydrogens is 456 g/mol. The van der Waals surface area contributed by atoms with E-state index in [0.717, 1.165) is 11.1 Å². The Hall–Kier alpha value is -4.65. The molecule has 0 aliphatic heterocycles. The zero-order valence-corrected chi connectivity index (χ0v) is 19.5. The number of rotatable bonds is 11. The van der Waals surface area contributed by atoms with Crippen LogP contribution in [0.25, 0.3) is 0 Å². The van der Waals surface area contributed by atoms with Crippen molar-refractivity contribution in [2.45, 2.75) is 25.7 Å². The molecule has 7 nitrogen and oxygen atoms in total. The van der Waals surface area contributed by atoms with E-state index >= 15 is 0 Å². The van der Waals surface area contributed by atoms with Crippen LogP contribution in [0.2, 0.25) is 0 Å². The molecule has 182 valence electrons. The standard InChI is InChI=1S/C29H26N2O5/c32-28(24-12-7-15-30-18-24)31-25(29(33)34)16-23-13-14-26(35-19-21-8-3-1-4-9-21)27(17-23)36-20-22-10-5-2-6-11-22/h1-15,17-18,25H,16,19-20H2,(H,31,32)(H,33,34)/t25-/m1/s1. The Morgan fingerprint density at radius 1 is 0.778 bits per heavy atom. The van der Waals surface area contributed by atoms with Crippen LogP contribution in [0.1, 0.15) is 27.0 Å². The van der Waals surface area contributed by atoms with Gasteiger partial charge in [-0.3, -0.25) is 9.78 Å². The van der Waals surface area contributed by atoms with Gasteiger partial charge in [0.2, 0.25) is 0 Å². The predicted molar refractivity (Wildman–Crippen MR) is 135 cm³/mol. The molecule has 1 heterocycles. The zero-order valence-electron chi connectivity index (χ0n) is 19.5. The highest BCUT2D eigenvalue weighted by molar-refractivity contribution is 5.96. The number of nitrogens with one attached hydrogen (secondary N) is 1. The van der Waals surface area contributed by atoms with Crippen molar-refractivity contribution >= 4 is 11.9 Å². The highest BCUT2D eigenvalue weighted by atomic mass is 16.5. The summed E-state index contributed by atoms with van der Waals surface area (Å²) >= 11 is 0. The lowest BCUT2D eigenvalue weighted by Gasteiger charge is -2.17. The van der Waals surface area contributed by atoms with Crippen LogP contribution in [0.4, 0.5) is 0 Å². The Balaban J connectivity index is 1.51. The summed E-state index contributed by atoms with van der Waals surface area (Å²) in [4.78, 5) is 28.3. The van der Waals surface area contributed by atoms with Gasteiger partial charge in [0.15, 0.2) is 11.5 Å². The first-order chi connectivity index (χ1) is 17.6. The van der Waals surface area contributed by atoms with Gasteiger partial charge in [0.1, 0.15) is 19.3 Å². The summed E-state index contributed by atoms with van der Waals surface area (Å²) < 4.78 is 12.1. The molecule has 0 aliphatic rings. The van der Waals surface area contributed by atoms with Gasteiger partial charge in [-0.1, -0.05) is 66.7 Å². The number of benzene rings is 3. The molecule has 0 bridgehead atoms. The van der Waals surface area contributed by atoms with Crippen molar-refractivity contribution in [2.75, 3.05) is 0 Å². The Morgan fingerprint density at radius 2 is 1.42 bits per heavy atom. The number of pyridine rings is 1. The van der Waals surface area contributed by atoms with Crippen molar-refractivity contribution in [1.29, 1.82) is 0 Å². The second-order valence-electron chi connectivity index (χ2n) is 8.14. The highest BCUT2D eigenvalue weighted by Gasteiger charge is 2.22. The van der Waals surface area contributed by atoms with Crippen molar-refractivity contribution < 1.29 is 24.2 Å². The molecule has 0 aliphatic carbocycles. The number of carbonyl (C=O) groups is 2. The first kappa shape index (κ1) is 24.5. The summed E-state index contributed by atoms with van der Waals surface area (Å²) in [6, 6.07) is 26.9. The van der Waals surface area contributed by atoms with E-state index in [1.165, 1.54) is 6.20 Å². The molecule has 4 aromatic rings. The SMILES string of the molecule is O=C(N[C@H](Cc1ccc(OCc2ccccc2)c(OCc2ccccc2)c1)C(=O)O)c1cccnc1. The molecule has 2 N–H and O–H groups in total. The number of hydrogen-bond acceptors (Lipinski definition) is 5. The Labute approximate surface area is 209 Å². The monoisotopic (exact) mass is 482 g/mol. The van der Waals surface area contributed by atoms with Crippen LogP contribution >= 0.6 is 0 Å². The van der Waals surface area contributed by atoms with Crippen molar-refractivity contribution in [2.24, 2.45) is 0 Å². The van der Waals surface area contributed by atoms with Crippen LogP contribution < -0.4 is 14.8 Å². The number of nitrogens with zero attached hydrogens (tertiary/aromatic N) is 1. The van der Waals surface area contributed by atoms with E-state index in [-0.39, 0.29) is 6.42 Å². The minimum Gasteiger partial charge on any atom is -0.485 e. The van der Waals surface area contributed by atoms with Crippen molar-refractivity contribution in [3.8, 4) is 11.5 Å². The molecule has 0 spiro atoms. The molecule has 4 rings (SSSR count). The largest absolute Gasteiger partial charge is 0.485 e. The van der Waals surface area contributed by atoms with E-state index in [4.69, 9.17) is 9.47 Å². The molecule has 0 saturated carbocycles. The summed E-state index contributed by atoms with van der Waals surface area (Å²) in [6.07, 6.45) is 3.01. The minimum absolute atomic E-state index is 0.0714. The average molecular weight is 483 g/mol. The van der Waals surface area contributed by atoms with Gasteiger partial charge in [0.05, 0.1) is 5.56 Å². The minimum atomic E-state index is -1.14. The van der Waals surface area contributed by atoms with Gasteiger partial charge in [0.25, 0.3) is 5.91 Å². The lowest BCUT2D eigenvalue weighted by molar-refractivity contribution is -0.139. The molecular formula is C29H26N2O5. The van der Waals surface area contributed by atoms with Crippen LogP contribution in [0, 0.1) is 0 Å². The van der Waals surface area contributed by atoms with Crippen LogP contribution in [0.15, 0.2) is 103 Å². The van der Waals surface area contributed by atoms with Crippen molar-refractivity contribution in [3.05, 3.63) is 126 Å². The van der Waals surface area contributed by atoms with E-state index in [9.17, 15) is 14.7 Å². The van der Waals surface area contributed by atoms with E-state index in [1.807, 2.05) is 60.7 Å². The van der Waals surface area contributed by atoms with Crippen LogP contribution in [0.5, 0.6) is 11.5 Å². The highest BCUT2D eigenvalue weighted by Crippen LogP contribution is 2.30. The van der Waals surface area contributed by atoms with Crippen molar-refractivity contribution in [1.82, 2.24) is 10.3 Å². The van der Waals surface area contributed by atoms with Gasteiger partial charge < -0.3 is 19.9 Å². The van der Waals surface area contributed by atoms with E-state index in [1.54, 1.807) is 36.5 Å². The summed E-state index contributed by atoms with van der Waals surface area (Å²) in [7, 11) is 0. The van der Waals surface area contributed by atoms with Gasteiger partial charge in [-0.05, 0) is 41.0 Å². The maximum Gasteiger partial charge on any atom is 0.326 e. The van der Waals surface area contributed by atoms with Gasteiger partial charge in [-0.15, -0.1) is 0 Å². The second-order valence-corrected chi connectivity index (χ2v) is 8.14. The zero-order chi connectivity index (χ0) is 25.2. The lowest BCUT2D eigenvalue weighted by atomic mass is 10.0. The number of carbonyl (C=O) groups excluding carboxylic acids is 1.